The summed E-state index contributed by atoms with van der Waals surface area (Å²) < 4.78 is 46.2. The second-order valence-corrected chi connectivity index (χ2v) is 9.49. The highest BCUT2D eigenvalue weighted by Crippen LogP contribution is 2.28. The smallest absolute Gasteiger partial charge is 0.243 e. The zero-order valence-corrected chi connectivity index (χ0v) is 16.1. The minimum Gasteiger partial charge on any atom is -0.371 e. The maximum atomic E-state index is 13.1. The van der Waals surface area contributed by atoms with Gasteiger partial charge in [0, 0.05) is 13.1 Å². The Kier molecular flexibility index (Phi) is 5.19. The van der Waals surface area contributed by atoms with Gasteiger partial charge in [0.25, 0.3) is 0 Å². The Morgan fingerprint density at radius 1 is 1.04 bits per heavy atom. The van der Waals surface area contributed by atoms with Crippen LogP contribution in [0.5, 0.6) is 0 Å². The summed E-state index contributed by atoms with van der Waals surface area (Å²) in [6.07, 6.45) is -0.395. The lowest BCUT2D eigenvalue weighted by Crippen LogP contribution is -2.42. The van der Waals surface area contributed by atoms with E-state index in [9.17, 15) is 12.8 Å². The quantitative estimate of drug-likeness (QED) is 0.815. The third kappa shape index (κ3) is 3.98. The minimum absolute atomic E-state index is 0.0328. The van der Waals surface area contributed by atoms with Gasteiger partial charge in [-0.1, -0.05) is 45.0 Å². The molecule has 1 atom stereocenters. The summed E-state index contributed by atoms with van der Waals surface area (Å²) in [6.45, 7) is 7.10. The predicted molar refractivity (Wildman–Crippen MR) is 99.0 cm³/mol. The molecule has 0 amide bonds. The first-order valence-corrected chi connectivity index (χ1v) is 10.1. The molecule has 140 valence electrons. The molecular weight excluding hydrogens is 353 g/mol. The van der Waals surface area contributed by atoms with Crippen LogP contribution in [-0.2, 0) is 20.2 Å². The second-order valence-electron chi connectivity index (χ2n) is 7.55. The number of morpholine rings is 1. The van der Waals surface area contributed by atoms with Crippen LogP contribution < -0.4 is 0 Å². The lowest BCUT2D eigenvalue weighted by atomic mass is 9.87. The Morgan fingerprint density at radius 2 is 1.65 bits per heavy atom. The van der Waals surface area contributed by atoms with Crippen molar-refractivity contribution in [2.24, 2.45) is 0 Å². The number of benzene rings is 2. The topological polar surface area (TPSA) is 46.6 Å². The van der Waals surface area contributed by atoms with Crippen LogP contribution in [0, 0.1) is 5.82 Å². The lowest BCUT2D eigenvalue weighted by molar-refractivity contribution is -0.00258. The van der Waals surface area contributed by atoms with Crippen LogP contribution in [0.3, 0.4) is 0 Å². The largest absolute Gasteiger partial charge is 0.371 e. The fourth-order valence-corrected chi connectivity index (χ4v) is 4.42. The molecular formula is C20H24FNO3S. The molecule has 1 fully saturated rings. The van der Waals surface area contributed by atoms with Crippen LogP contribution in [-0.4, -0.2) is 32.4 Å². The first-order valence-electron chi connectivity index (χ1n) is 8.66. The number of hydrogen-bond donors (Lipinski definition) is 0. The van der Waals surface area contributed by atoms with E-state index in [2.05, 4.69) is 20.8 Å². The SMILES string of the molecule is CC(C)(C)c1ccc(S(=O)(=O)N2CCOC(c3ccc(F)cc3)C2)cc1. The van der Waals surface area contributed by atoms with Gasteiger partial charge >= 0.3 is 0 Å². The van der Waals surface area contributed by atoms with E-state index in [1.54, 1.807) is 24.3 Å². The van der Waals surface area contributed by atoms with Gasteiger partial charge in [-0.05, 0) is 40.8 Å². The van der Waals surface area contributed by atoms with Gasteiger partial charge < -0.3 is 4.74 Å². The summed E-state index contributed by atoms with van der Waals surface area (Å²) >= 11 is 0. The van der Waals surface area contributed by atoms with Crippen molar-refractivity contribution in [3.05, 3.63) is 65.5 Å². The first kappa shape index (κ1) is 19.0. The molecule has 2 aromatic rings. The predicted octanol–water partition coefficient (Wildman–Crippen LogP) is 3.89. The zero-order valence-electron chi connectivity index (χ0n) is 15.3. The molecule has 1 aliphatic rings. The van der Waals surface area contributed by atoms with Crippen molar-refractivity contribution in [1.29, 1.82) is 0 Å². The van der Waals surface area contributed by atoms with Crippen molar-refractivity contribution in [1.82, 2.24) is 4.31 Å². The average Bonchev–Trinajstić information content (AvgIpc) is 2.62. The number of halogens is 1. The van der Waals surface area contributed by atoms with Crippen LogP contribution in [0.25, 0.3) is 0 Å². The van der Waals surface area contributed by atoms with Crippen molar-refractivity contribution in [2.45, 2.75) is 37.2 Å². The summed E-state index contributed by atoms with van der Waals surface area (Å²) in [5, 5.41) is 0. The van der Waals surface area contributed by atoms with Crippen LogP contribution in [0.2, 0.25) is 0 Å². The highest BCUT2D eigenvalue weighted by molar-refractivity contribution is 7.89. The van der Waals surface area contributed by atoms with Gasteiger partial charge in [-0.15, -0.1) is 0 Å². The highest BCUT2D eigenvalue weighted by atomic mass is 32.2. The monoisotopic (exact) mass is 377 g/mol. The molecule has 0 N–H and O–H groups in total. The van der Waals surface area contributed by atoms with Crippen molar-refractivity contribution < 1.29 is 17.5 Å². The van der Waals surface area contributed by atoms with E-state index < -0.39 is 16.1 Å². The summed E-state index contributed by atoms with van der Waals surface area (Å²) in [5.74, 6) is -0.326. The third-order valence-electron chi connectivity index (χ3n) is 4.63. The van der Waals surface area contributed by atoms with Crippen LogP contribution in [0.4, 0.5) is 4.39 Å². The van der Waals surface area contributed by atoms with Crippen molar-refractivity contribution in [3.8, 4) is 0 Å². The van der Waals surface area contributed by atoms with Crippen molar-refractivity contribution in [3.63, 3.8) is 0 Å². The van der Waals surface area contributed by atoms with E-state index >= 15 is 0 Å². The van der Waals surface area contributed by atoms with Gasteiger partial charge in [0.05, 0.1) is 17.6 Å². The lowest BCUT2D eigenvalue weighted by Gasteiger charge is -2.32. The van der Waals surface area contributed by atoms with E-state index in [0.717, 1.165) is 11.1 Å². The Balaban J connectivity index is 1.81. The summed E-state index contributed by atoms with van der Waals surface area (Å²) in [6, 6.07) is 13.0. The van der Waals surface area contributed by atoms with Gasteiger partial charge in [-0.3, -0.25) is 0 Å². The van der Waals surface area contributed by atoms with Crippen LogP contribution >= 0.6 is 0 Å². The van der Waals surface area contributed by atoms with E-state index in [0.29, 0.717) is 13.2 Å². The summed E-state index contributed by atoms with van der Waals surface area (Å²) in [4.78, 5) is 0.283. The van der Waals surface area contributed by atoms with Gasteiger partial charge in [-0.2, -0.15) is 4.31 Å². The third-order valence-corrected chi connectivity index (χ3v) is 6.51. The molecule has 0 spiro atoms. The zero-order chi connectivity index (χ0) is 18.9. The Hall–Kier alpha value is -1.76. The highest BCUT2D eigenvalue weighted by Gasteiger charge is 2.31. The molecule has 26 heavy (non-hydrogen) atoms. The molecule has 0 saturated carbocycles. The standard InChI is InChI=1S/C20H24FNO3S/c1-20(2,3)16-6-10-18(11-7-16)26(23,24)22-12-13-25-19(14-22)15-4-8-17(21)9-5-15/h4-11,19H,12-14H2,1-3H3. The van der Waals surface area contributed by atoms with Gasteiger partial charge in [-0.25, -0.2) is 12.8 Å². The molecule has 0 radical (unpaired) electrons. The number of ether oxygens (including phenoxy) is 1. The summed E-state index contributed by atoms with van der Waals surface area (Å²) in [5.41, 5.74) is 1.83. The Bertz CT molecular complexity index is 855. The van der Waals surface area contributed by atoms with Gasteiger partial charge in [0.2, 0.25) is 10.0 Å². The second kappa shape index (κ2) is 7.10. The van der Waals surface area contributed by atoms with E-state index in [-0.39, 0.29) is 22.7 Å². The molecule has 0 aliphatic carbocycles. The maximum absolute atomic E-state index is 13.1. The molecule has 1 aliphatic heterocycles. The molecule has 6 heteroatoms. The van der Waals surface area contributed by atoms with Crippen molar-refractivity contribution >= 4 is 10.0 Å². The molecule has 1 heterocycles. The van der Waals surface area contributed by atoms with E-state index in [1.807, 2.05) is 12.1 Å². The first-order chi connectivity index (χ1) is 12.2. The molecule has 0 bridgehead atoms. The molecule has 1 unspecified atom stereocenters. The average molecular weight is 377 g/mol. The molecule has 3 rings (SSSR count). The van der Waals surface area contributed by atoms with Gasteiger partial charge in [0.1, 0.15) is 5.82 Å². The van der Waals surface area contributed by atoms with E-state index in [4.69, 9.17) is 4.74 Å². The Morgan fingerprint density at radius 3 is 2.23 bits per heavy atom. The van der Waals surface area contributed by atoms with Gasteiger partial charge in [0.15, 0.2) is 0 Å². The van der Waals surface area contributed by atoms with Crippen molar-refractivity contribution in [2.75, 3.05) is 19.7 Å². The number of nitrogens with zero attached hydrogens (tertiary/aromatic N) is 1. The summed E-state index contributed by atoms with van der Waals surface area (Å²) in [7, 11) is -3.59. The molecule has 2 aromatic carbocycles. The number of sulfonamides is 1. The van der Waals surface area contributed by atoms with E-state index in [1.165, 1.54) is 16.4 Å². The maximum Gasteiger partial charge on any atom is 0.243 e. The van der Waals surface area contributed by atoms with Crippen LogP contribution in [0.15, 0.2) is 53.4 Å². The normalized spacial score (nSPS) is 19.5. The fraction of sp³-hybridized carbons (Fsp3) is 0.400. The Labute approximate surface area is 154 Å². The number of rotatable bonds is 3. The molecule has 4 nitrogen and oxygen atoms in total. The molecule has 1 saturated heterocycles. The van der Waals surface area contributed by atoms with Crippen LogP contribution in [0.1, 0.15) is 38.0 Å². The molecule has 0 aromatic heterocycles. The minimum atomic E-state index is -3.59. The number of hydrogen-bond acceptors (Lipinski definition) is 3. The fourth-order valence-electron chi connectivity index (χ4n) is 3.00.